The van der Waals surface area contributed by atoms with E-state index in [4.69, 9.17) is 9.47 Å². The maximum absolute atomic E-state index is 12.1. The molecule has 25 heavy (non-hydrogen) atoms. The fourth-order valence-corrected chi connectivity index (χ4v) is 2.91. The van der Waals surface area contributed by atoms with Gasteiger partial charge in [-0.1, -0.05) is 19.1 Å². The molecule has 134 valence electrons. The fraction of sp³-hybridized carbons (Fsp3) is 0.444. The Kier molecular flexibility index (Phi) is 4.94. The predicted octanol–water partition coefficient (Wildman–Crippen LogP) is 0.746. The van der Waals surface area contributed by atoms with Crippen LogP contribution in [0.5, 0.6) is 11.5 Å². The molecule has 1 aromatic carbocycles. The molecule has 7 nitrogen and oxygen atoms in total. The number of aromatic nitrogens is 2. The lowest BCUT2D eigenvalue weighted by atomic mass is 10.2. The monoisotopic (exact) mass is 345 g/mol. The third-order valence-corrected chi connectivity index (χ3v) is 4.49. The summed E-state index contributed by atoms with van der Waals surface area (Å²) in [6.07, 6.45) is -0.0987. The second-order valence-electron chi connectivity index (χ2n) is 6.20. The molecular formula is C18H23N3O4. The van der Waals surface area contributed by atoms with Crippen LogP contribution >= 0.6 is 0 Å². The summed E-state index contributed by atoms with van der Waals surface area (Å²) in [4.78, 5) is 26.1. The lowest BCUT2D eigenvalue weighted by molar-refractivity contribution is 0.0573. The molecule has 0 amide bonds. The Morgan fingerprint density at radius 2 is 1.88 bits per heavy atom. The van der Waals surface area contributed by atoms with E-state index in [2.05, 4.69) is 4.90 Å². The van der Waals surface area contributed by atoms with Gasteiger partial charge >= 0.3 is 5.69 Å². The topological polar surface area (TPSA) is 65.7 Å². The van der Waals surface area contributed by atoms with Crippen LogP contribution in [0.25, 0.3) is 0 Å². The molecule has 0 saturated carbocycles. The normalized spacial score (nSPS) is 16.2. The Morgan fingerprint density at radius 1 is 1.16 bits per heavy atom. The second-order valence-corrected chi connectivity index (χ2v) is 6.20. The van der Waals surface area contributed by atoms with E-state index in [1.54, 1.807) is 7.05 Å². The van der Waals surface area contributed by atoms with Crippen LogP contribution in [0.1, 0.15) is 12.6 Å². The number of nitrogens with zero attached hydrogens (tertiary/aromatic N) is 3. The van der Waals surface area contributed by atoms with Crippen LogP contribution in [0.4, 0.5) is 0 Å². The summed E-state index contributed by atoms with van der Waals surface area (Å²) in [6.45, 7) is 4.43. The van der Waals surface area contributed by atoms with Gasteiger partial charge in [-0.15, -0.1) is 0 Å². The quantitative estimate of drug-likeness (QED) is 0.800. The van der Waals surface area contributed by atoms with E-state index in [0.29, 0.717) is 25.4 Å². The fourth-order valence-electron chi connectivity index (χ4n) is 2.91. The molecule has 2 heterocycles. The zero-order chi connectivity index (χ0) is 18.0. The highest BCUT2D eigenvalue weighted by Crippen LogP contribution is 2.31. The molecule has 1 aliphatic rings. The number of likely N-dealkylation sites (N-methyl/N-ethyl adjacent to an activating group) is 1. The summed E-state index contributed by atoms with van der Waals surface area (Å²) in [5.41, 5.74) is 0.0807. The van der Waals surface area contributed by atoms with Crippen LogP contribution < -0.4 is 20.7 Å². The van der Waals surface area contributed by atoms with Crippen molar-refractivity contribution in [3.05, 3.63) is 56.9 Å². The molecule has 1 aromatic heterocycles. The minimum absolute atomic E-state index is 0.0987. The number of hydrogen-bond donors (Lipinski definition) is 0. The first-order valence-electron chi connectivity index (χ1n) is 8.36. The molecule has 7 heteroatoms. The van der Waals surface area contributed by atoms with Crippen molar-refractivity contribution in [3.63, 3.8) is 0 Å². The molecular weight excluding hydrogens is 322 g/mol. The Labute approximate surface area is 146 Å². The lowest BCUT2D eigenvalue weighted by Gasteiger charge is -2.31. The average molecular weight is 345 g/mol. The summed E-state index contributed by atoms with van der Waals surface area (Å²) >= 11 is 0. The lowest BCUT2D eigenvalue weighted by Crippen LogP contribution is -2.43. The molecule has 0 unspecified atom stereocenters. The highest BCUT2D eigenvalue weighted by Gasteiger charge is 2.23. The molecule has 3 rings (SSSR count). The van der Waals surface area contributed by atoms with Gasteiger partial charge in [-0.25, -0.2) is 4.79 Å². The summed E-state index contributed by atoms with van der Waals surface area (Å²) in [5.74, 6) is 1.51. The largest absolute Gasteiger partial charge is 0.486 e. The molecule has 0 aliphatic carbocycles. The summed E-state index contributed by atoms with van der Waals surface area (Å²) in [6, 6.07) is 9.12. The molecule has 0 saturated heterocycles. The van der Waals surface area contributed by atoms with Gasteiger partial charge in [0.1, 0.15) is 12.7 Å². The number of benzene rings is 1. The SMILES string of the molecule is CCN(Cc1cc(=O)n(C)c(=O)n1C)C[C@H]1COc2ccccc2O1. The summed E-state index contributed by atoms with van der Waals surface area (Å²) < 4.78 is 14.4. The van der Waals surface area contributed by atoms with Crippen molar-refractivity contribution in [3.8, 4) is 11.5 Å². The van der Waals surface area contributed by atoms with E-state index in [1.807, 2.05) is 31.2 Å². The molecule has 0 radical (unpaired) electrons. The van der Waals surface area contributed by atoms with E-state index < -0.39 is 0 Å². The van der Waals surface area contributed by atoms with Crippen molar-refractivity contribution in [1.82, 2.24) is 14.0 Å². The maximum atomic E-state index is 12.1. The van der Waals surface area contributed by atoms with Gasteiger partial charge in [-0.2, -0.15) is 0 Å². The predicted molar refractivity (Wildman–Crippen MR) is 94.2 cm³/mol. The first kappa shape index (κ1) is 17.3. The van der Waals surface area contributed by atoms with Crippen LogP contribution in [-0.4, -0.2) is 39.8 Å². The Balaban J connectivity index is 1.72. The van der Waals surface area contributed by atoms with Crippen molar-refractivity contribution in [2.24, 2.45) is 14.1 Å². The highest BCUT2D eigenvalue weighted by molar-refractivity contribution is 5.40. The van der Waals surface area contributed by atoms with Gasteiger partial charge in [-0.3, -0.25) is 18.8 Å². The van der Waals surface area contributed by atoms with E-state index in [9.17, 15) is 9.59 Å². The van der Waals surface area contributed by atoms with Crippen molar-refractivity contribution >= 4 is 0 Å². The third-order valence-electron chi connectivity index (χ3n) is 4.49. The molecule has 0 fully saturated rings. The Bertz CT molecular complexity index is 871. The number of para-hydroxylation sites is 2. The first-order chi connectivity index (χ1) is 12.0. The van der Waals surface area contributed by atoms with E-state index in [1.165, 1.54) is 17.7 Å². The van der Waals surface area contributed by atoms with Crippen LogP contribution in [0.2, 0.25) is 0 Å². The van der Waals surface area contributed by atoms with E-state index in [0.717, 1.165) is 22.6 Å². The average Bonchev–Trinajstić information content (AvgIpc) is 2.63. The smallest absolute Gasteiger partial charge is 0.330 e. The van der Waals surface area contributed by atoms with Crippen molar-refractivity contribution in [2.45, 2.75) is 19.6 Å². The highest BCUT2D eigenvalue weighted by atomic mass is 16.6. The standard InChI is InChI=1S/C18H23N3O4/c1-4-21(10-13-9-17(22)20(3)18(23)19(13)2)11-14-12-24-15-7-5-6-8-16(15)25-14/h5-9,14H,4,10-12H2,1-3H3/t14-/m0/s1. The number of rotatable bonds is 5. The van der Waals surface area contributed by atoms with Gasteiger partial charge in [-0.05, 0) is 18.7 Å². The minimum Gasteiger partial charge on any atom is -0.486 e. The second kappa shape index (κ2) is 7.14. The molecule has 0 bridgehead atoms. The van der Waals surface area contributed by atoms with Crippen molar-refractivity contribution < 1.29 is 9.47 Å². The van der Waals surface area contributed by atoms with E-state index in [-0.39, 0.29) is 17.4 Å². The van der Waals surface area contributed by atoms with Crippen LogP contribution in [0.3, 0.4) is 0 Å². The van der Waals surface area contributed by atoms with Gasteiger partial charge in [0.05, 0.1) is 0 Å². The molecule has 0 N–H and O–H groups in total. The third kappa shape index (κ3) is 3.61. The molecule has 2 aromatic rings. The van der Waals surface area contributed by atoms with Gasteiger partial charge in [0.25, 0.3) is 5.56 Å². The molecule has 1 aliphatic heterocycles. The van der Waals surface area contributed by atoms with Gasteiger partial charge in [0.2, 0.25) is 0 Å². The zero-order valence-corrected chi connectivity index (χ0v) is 14.8. The minimum atomic E-state index is -0.315. The maximum Gasteiger partial charge on any atom is 0.330 e. The Morgan fingerprint density at radius 3 is 2.60 bits per heavy atom. The number of fused-ring (bicyclic) bond motifs is 1. The zero-order valence-electron chi connectivity index (χ0n) is 14.8. The summed E-state index contributed by atoms with van der Waals surface area (Å²) in [7, 11) is 3.16. The van der Waals surface area contributed by atoms with Gasteiger partial charge < -0.3 is 9.47 Å². The first-order valence-corrected chi connectivity index (χ1v) is 8.36. The van der Waals surface area contributed by atoms with Crippen LogP contribution in [0.15, 0.2) is 39.9 Å². The molecule has 0 spiro atoms. The Hall–Kier alpha value is -2.54. The molecule has 1 atom stereocenters. The number of hydrogen-bond acceptors (Lipinski definition) is 5. The summed E-state index contributed by atoms with van der Waals surface area (Å²) in [5, 5.41) is 0. The van der Waals surface area contributed by atoms with Crippen molar-refractivity contribution in [2.75, 3.05) is 19.7 Å². The van der Waals surface area contributed by atoms with Gasteiger partial charge in [0.15, 0.2) is 11.5 Å². The van der Waals surface area contributed by atoms with Crippen LogP contribution in [-0.2, 0) is 20.6 Å². The van der Waals surface area contributed by atoms with Crippen LogP contribution in [0, 0.1) is 0 Å². The van der Waals surface area contributed by atoms with E-state index >= 15 is 0 Å². The van der Waals surface area contributed by atoms with Crippen molar-refractivity contribution in [1.29, 1.82) is 0 Å². The number of ether oxygens (including phenoxy) is 2. The van der Waals surface area contributed by atoms with Gasteiger partial charge in [0, 0.05) is 38.9 Å².